The van der Waals surface area contributed by atoms with E-state index in [1.165, 1.54) is 15.6 Å². The first-order valence-corrected chi connectivity index (χ1v) is 6.91. The van der Waals surface area contributed by atoms with Gasteiger partial charge in [-0.15, -0.1) is 11.3 Å². The Morgan fingerprint density at radius 3 is 3.06 bits per heavy atom. The first-order chi connectivity index (χ1) is 8.88. The summed E-state index contributed by atoms with van der Waals surface area (Å²) in [5.74, 6) is 1.06. The second-order valence-electron chi connectivity index (χ2n) is 4.27. The molecule has 0 aliphatic heterocycles. The Labute approximate surface area is 110 Å². The quantitative estimate of drug-likeness (QED) is 0.781. The molecule has 4 heteroatoms. The molecule has 0 aliphatic rings. The van der Waals surface area contributed by atoms with E-state index in [1.54, 1.807) is 11.3 Å². The number of nitrogens with two attached hydrogens (primary N) is 1. The van der Waals surface area contributed by atoms with Crippen molar-refractivity contribution in [2.45, 2.75) is 13.0 Å². The standard InChI is InChI=1S/C14H15N3S/c15-6-5-14-16-7-8-17(14)9-11-10-18-13-4-2-1-3-12(11)13/h1-4,7-8,10H,5-6,9,15H2. The number of fused-ring (bicyclic) bond motifs is 1. The van der Waals surface area contributed by atoms with Crippen LogP contribution < -0.4 is 5.73 Å². The van der Waals surface area contributed by atoms with E-state index in [9.17, 15) is 0 Å². The Balaban J connectivity index is 1.94. The van der Waals surface area contributed by atoms with E-state index in [4.69, 9.17) is 5.73 Å². The molecule has 2 N–H and O–H groups in total. The summed E-state index contributed by atoms with van der Waals surface area (Å²) in [5.41, 5.74) is 6.95. The topological polar surface area (TPSA) is 43.8 Å². The van der Waals surface area contributed by atoms with Gasteiger partial charge in [-0.2, -0.15) is 0 Å². The highest BCUT2D eigenvalue weighted by Crippen LogP contribution is 2.26. The second kappa shape index (κ2) is 4.92. The van der Waals surface area contributed by atoms with E-state index in [-0.39, 0.29) is 0 Å². The van der Waals surface area contributed by atoms with Crippen molar-refractivity contribution in [2.75, 3.05) is 6.54 Å². The van der Waals surface area contributed by atoms with Crippen LogP contribution in [0.2, 0.25) is 0 Å². The summed E-state index contributed by atoms with van der Waals surface area (Å²) in [6.45, 7) is 1.51. The number of imidazole rings is 1. The largest absolute Gasteiger partial charge is 0.330 e. The number of nitrogens with zero attached hydrogens (tertiary/aromatic N) is 2. The summed E-state index contributed by atoms with van der Waals surface area (Å²) in [4.78, 5) is 4.35. The zero-order valence-electron chi connectivity index (χ0n) is 10.0. The van der Waals surface area contributed by atoms with Crippen LogP contribution in [0.4, 0.5) is 0 Å². The van der Waals surface area contributed by atoms with Crippen molar-refractivity contribution in [1.29, 1.82) is 0 Å². The zero-order valence-corrected chi connectivity index (χ0v) is 10.9. The molecule has 18 heavy (non-hydrogen) atoms. The monoisotopic (exact) mass is 257 g/mol. The lowest BCUT2D eigenvalue weighted by molar-refractivity contribution is 0.720. The SMILES string of the molecule is NCCc1nccn1Cc1csc2ccccc12. The van der Waals surface area contributed by atoms with Gasteiger partial charge >= 0.3 is 0 Å². The fourth-order valence-electron chi connectivity index (χ4n) is 2.18. The molecule has 92 valence electrons. The lowest BCUT2D eigenvalue weighted by Gasteiger charge is -2.06. The van der Waals surface area contributed by atoms with Crippen molar-refractivity contribution in [3.8, 4) is 0 Å². The van der Waals surface area contributed by atoms with Gasteiger partial charge in [0.05, 0.1) is 6.54 Å². The molecule has 2 heterocycles. The molecule has 0 saturated carbocycles. The number of hydrogen-bond acceptors (Lipinski definition) is 3. The molecule has 0 saturated heterocycles. The molecule has 0 radical (unpaired) electrons. The molecular formula is C14H15N3S. The molecule has 0 aliphatic carbocycles. The van der Waals surface area contributed by atoms with Crippen molar-refractivity contribution >= 4 is 21.4 Å². The summed E-state index contributed by atoms with van der Waals surface area (Å²) in [5, 5.41) is 3.58. The van der Waals surface area contributed by atoms with E-state index in [2.05, 4.69) is 39.2 Å². The van der Waals surface area contributed by atoms with Crippen LogP contribution in [0, 0.1) is 0 Å². The number of rotatable bonds is 4. The lowest BCUT2D eigenvalue weighted by Crippen LogP contribution is -2.10. The summed E-state index contributed by atoms with van der Waals surface area (Å²) in [6.07, 6.45) is 4.70. The van der Waals surface area contributed by atoms with Crippen LogP contribution in [-0.2, 0) is 13.0 Å². The maximum atomic E-state index is 5.60. The molecule has 1 aromatic carbocycles. The fraction of sp³-hybridized carbons (Fsp3) is 0.214. The van der Waals surface area contributed by atoms with Gasteiger partial charge in [0.15, 0.2) is 0 Å². The van der Waals surface area contributed by atoms with Crippen LogP contribution in [0.1, 0.15) is 11.4 Å². The highest BCUT2D eigenvalue weighted by atomic mass is 32.1. The van der Waals surface area contributed by atoms with Crippen LogP contribution in [0.15, 0.2) is 42.0 Å². The number of aromatic nitrogens is 2. The molecule has 0 fully saturated rings. The van der Waals surface area contributed by atoms with Gasteiger partial charge in [-0.3, -0.25) is 0 Å². The molecule has 0 amide bonds. The summed E-state index contributed by atoms with van der Waals surface area (Å²) < 4.78 is 3.52. The maximum absolute atomic E-state index is 5.60. The lowest BCUT2D eigenvalue weighted by atomic mass is 10.2. The van der Waals surface area contributed by atoms with Gasteiger partial charge in [0.25, 0.3) is 0 Å². The molecule has 3 rings (SSSR count). The van der Waals surface area contributed by atoms with Crippen LogP contribution in [0.25, 0.3) is 10.1 Å². The van der Waals surface area contributed by atoms with Crippen molar-refractivity contribution in [1.82, 2.24) is 9.55 Å². The van der Waals surface area contributed by atoms with E-state index in [0.29, 0.717) is 6.54 Å². The van der Waals surface area contributed by atoms with Crippen LogP contribution in [0.5, 0.6) is 0 Å². The van der Waals surface area contributed by atoms with E-state index < -0.39 is 0 Å². The van der Waals surface area contributed by atoms with Gasteiger partial charge in [-0.05, 0) is 28.9 Å². The van der Waals surface area contributed by atoms with Crippen LogP contribution >= 0.6 is 11.3 Å². The molecule has 0 spiro atoms. The predicted octanol–water partition coefficient (Wildman–Crippen LogP) is 2.65. The highest BCUT2D eigenvalue weighted by Gasteiger charge is 2.06. The fourth-order valence-corrected chi connectivity index (χ4v) is 3.13. The Bertz CT molecular complexity index is 654. The van der Waals surface area contributed by atoms with E-state index in [0.717, 1.165) is 18.8 Å². The average Bonchev–Trinajstić information content (AvgIpc) is 2.99. The predicted molar refractivity (Wildman–Crippen MR) is 75.9 cm³/mol. The van der Waals surface area contributed by atoms with Crippen LogP contribution in [-0.4, -0.2) is 16.1 Å². The number of benzene rings is 1. The average molecular weight is 257 g/mol. The van der Waals surface area contributed by atoms with Gasteiger partial charge < -0.3 is 10.3 Å². The maximum Gasteiger partial charge on any atom is 0.110 e. The Morgan fingerprint density at radius 1 is 1.28 bits per heavy atom. The molecule has 0 atom stereocenters. The normalized spacial score (nSPS) is 11.2. The van der Waals surface area contributed by atoms with E-state index >= 15 is 0 Å². The minimum absolute atomic E-state index is 0.640. The van der Waals surface area contributed by atoms with Crippen molar-refractivity contribution < 1.29 is 0 Å². The van der Waals surface area contributed by atoms with Gasteiger partial charge in [-0.25, -0.2) is 4.98 Å². The van der Waals surface area contributed by atoms with Crippen molar-refractivity contribution in [3.63, 3.8) is 0 Å². The smallest absolute Gasteiger partial charge is 0.110 e. The molecule has 2 aromatic heterocycles. The Morgan fingerprint density at radius 2 is 2.17 bits per heavy atom. The molecule has 3 nitrogen and oxygen atoms in total. The number of thiophene rings is 1. The zero-order chi connectivity index (χ0) is 12.4. The van der Waals surface area contributed by atoms with Crippen molar-refractivity contribution in [3.05, 3.63) is 53.4 Å². The van der Waals surface area contributed by atoms with Crippen LogP contribution in [0.3, 0.4) is 0 Å². The first kappa shape index (κ1) is 11.4. The van der Waals surface area contributed by atoms with Gasteiger partial charge in [0.1, 0.15) is 5.82 Å². The minimum Gasteiger partial charge on any atom is -0.330 e. The Hall–Kier alpha value is -1.65. The second-order valence-corrected chi connectivity index (χ2v) is 5.18. The molecule has 0 unspecified atom stereocenters. The number of hydrogen-bond donors (Lipinski definition) is 1. The first-order valence-electron chi connectivity index (χ1n) is 6.03. The third-order valence-electron chi connectivity index (χ3n) is 3.07. The molecular weight excluding hydrogens is 242 g/mol. The van der Waals surface area contributed by atoms with Gasteiger partial charge in [-0.1, -0.05) is 18.2 Å². The highest BCUT2D eigenvalue weighted by molar-refractivity contribution is 7.17. The van der Waals surface area contributed by atoms with Gasteiger partial charge in [0, 0.05) is 23.5 Å². The third kappa shape index (κ3) is 2.05. The Kier molecular flexibility index (Phi) is 3.13. The summed E-state index contributed by atoms with van der Waals surface area (Å²) >= 11 is 1.80. The summed E-state index contributed by atoms with van der Waals surface area (Å²) in [7, 11) is 0. The van der Waals surface area contributed by atoms with E-state index in [1.807, 2.05) is 12.4 Å². The molecule has 3 aromatic rings. The third-order valence-corrected chi connectivity index (χ3v) is 4.08. The van der Waals surface area contributed by atoms with Gasteiger partial charge in [0.2, 0.25) is 0 Å². The van der Waals surface area contributed by atoms with Crippen molar-refractivity contribution in [2.24, 2.45) is 5.73 Å². The molecule has 0 bridgehead atoms. The minimum atomic E-state index is 0.640. The summed E-state index contributed by atoms with van der Waals surface area (Å²) in [6, 6.07) is 8.52.